The third-order valence-corrected chi connectivity index (χ3v) is 5.52. The number of allylic oxidation sites excluding steroid dienone is 1. The van der Waals surface area contributed by atoms with E-state index in [2.05, 4.69) is 48.0 Å². The molecule has 8 heteroatoms. The summed E-state index contributed by atoms with van der Waals surface area (Å²) in [6.45, 7) is 14.9. The number of hydrazine groups is 1. The van der Waals surface area contributed by atoms with Crippen molar-refractivity contribution in [2.75, 3.05) is 73.4 Å². The monoisotopic (exact) mass is 501 g/mol. The zero-order valence-corrected chi connectivity index (χ0v) is 22.2. The van der Waals surface area contributed by atoms with Gasteiger partial charge in [-0.1, -0.05) is 48.9 Å². The number of nitrogens with zero attached hydrogens (tertiary/aromatic N) is 2. The van der Waals surface area contributed by atoms with Gasteiger partial charge in [0.05, 0.1) is 39.6 Å². The smallest absolute Gasteiger partial charge is 0.0701 e. The zero-order valence-electron chi connectivity index (χ0n) is 20.7. The molecule has 0 unspecified atom stereocenters. The van der Waals surface area contributed by atoms with Gasteiger partial charge in [0.25, 0.3) is 0 Å². The van der Waals surface area contributed by atoms with Crippen LogP contribution in [0, 0.1) is 6.92 Å². The van der Waals surface area contributed by atoms with Gasteiger partial charge in [-0.2, -0.15) is 0 Å². The molecule has 0 heterocycles. The minimum atomic E-state index is 0.548. The van der Waals surface area contributed by atoms with E-state index in [1.807, 2.05) is 20.0 Å². The molecule has 6 nitrogen and oxygen atoms in total. The standard InChI is InChI=1S/C25H41Cl2N3O3/c1-6-7-8-21(2)19-30(10-12-32-14-16-33-15-13-31-11-9-28-4)29(5)20-24-22(3)17-23(26)18-25(24)27/h7-8,17-18,28H,2,6,9-16,19-20H2,1,3-5H3/b8-7-. The fourth-order valence-corrected chi connectivity index (χ4v) is 3.74. The lowest BCUT2D eigenvalue weighted by molar-refractivity contribution is -0.0330. The van der Waals surface area contributed by atoms with Crippen molar-refractivity contribution in [3.8, 4) is 0 Å². The molecule has 0 aliphatic carbocycles. The van der Waals surface area contributed by atoms with Gasteiger partial charge in [0, 0.05) is 43.3 Å². The largest absolute Gasteiger partial charge is 0.378 e. The van der Waals surface area contributed by atoms with Gasteiger partial charge in [-0.25, -0.2) is 10.0 Å². The summed E-state index contributed by atoms with van der Waals surface area (Å²) in [5, 5.41) is 8.76. The van der Waals surface area contributed by atoms with E-state index in [1.165, 1.54) is 0 Å². The number of hydrogen-bond acceptors (Lipinski definition) is 6. The van der Waals surface area contributed by atoms with E-state index in [9.17, 15) is 0 Å². The molecule has 0 amide bonds. The van der Waals surface area contributed by atoms with Gasteiger partial charge in [0.15, 0.2) is 0 Å². The van der Waals surface area contributed by atoms with Crippen molar-refractivity contribution in [1.29, 1.82) is 0 Å². The SMILES string of the molecule is C=C(/C=C\CC)CN(CCOCCOCCOCCNC)N(C)Cc1c(C)cc(Cl)cc1Cl. The quantitative estimate of drug-likeness (QED) is 0.168. The molecule has 1 N–H and O–H groups in total. The molecule has 0 aliphatic heterocycles. The van der Waals surface area contributed by atoms with Gasteiger partial charge in [-0.05, 0) is 49.2 Å². The number of rotatable bonds is 19. The van der Waals surface area contributed by atoms with Crippen molar-refractivity contribution >= 4 is 23.2 Å². The second-order valence-corrected chi connectivity index (χ2v) is 8.64. The fraction of sp³-hybridized carbons (Fsp3) is 0.600. The molecular weight excluding hydrogens is 461 g/mol. The van der Waals surface area contributed by atoms with Crippen LogP contribution in [0.1, 0.15) is 24.5 Å². The predicted octanol–water partition coefficient (Wildman–Crippen LogP) is 4.74. The van der Waals surface area contributed by atoms with Gasteiger partial charge >= 0.3 is 0 Å². The summed E-state index contributed by atoms with van der Waals surface area (Å²) in [6.07, 6.45) is 5.18. The van der Waals surface area contributed by atoms with Crippen molar-refractivity contribution in [2.45, 2.75) is 26.8 Å². The van der Waals surface area contributed by atoms with Crippen molar-refractivity contribution in [2.24, 2.45) is 0 Å². The number of likely N-dealkylation sites (N-methyl/N-ethyl adjacent to an activating group) is 1. The number of benzene rings is 1. The Morgan fingerprint density at radius 2 is 1.70 bits per heavy atom. The number of halogens is 2. The lowest BCUT2D eigenvalue weighted by Gasteiger charge is -2.33. The maximum absolute atomic E-state index is 6.47. The zero-order chi connectivity index (χ0) is 24.5. The summed E-state index contributed by atoms with van der Waals surface area (Å²) in [5.74, 6) is 0. The fourth-order valence-electron chi connectivity index (χ4n) is 3.09. The predicted molar refractivity (Wildman–Crippen MR) is 139 cm³/mol. The number of hydrogen-bond donors (Lipinski definition) is 1. The van der Waals surface area contributed by atoms with E-state index in [4.69, 9.17) is 37.4 Å². The summed E-state index contributed by atoms with van der Waals surface area (Å²) in [4.78, 5) is 0. The van der Waals surface area contributed by atoms with Crippen LogP contribution < -0.4 is 5.32 Å². The lowest BCUT2D eigenvalue weighted by atomic mass is 10.1. The Balaban J connectivity index is 2.51. The Kier molecular flexibility index (Phi) is 16.7. The van der Waals surface area contributed by atoms with Gasteiger partial charge < -0.3 is 19.5 Å². The molecule has 1 rings (SSSR count). The molecule has 0 bridgehead atoms. The molecule has 0 spiro atoms. The Labute approximate surface area is 210 Å². The normalized spacial score (nSPS) is 11.9. The van der Waals surface area contributed by atoms with Gasteiger partial charge in [-0.15, -0.1) is 0 Å². The summed E-state index contributed by atoms with van der Waals surface area (Å²) in [5.41, 5.74) is 3.19. The Bertz CT molecular complexity index is 693. The molecule has 0 atom stereocenters. The first kappa shape index (κ1) is 30.1. The average molecular weight is 503 g/mol. The number of ether oxygens (including phenoxy) is 3. The highest BCUT2D eigenvalue weighted by Gasteiger charge is 2.16. The molecule has 188 valence electrons. The highest BCUT2D eigenvalue weighted by molar-refractivity contribution is 6.35. The summed E-state index contributed by atoms with van der Waals surface area (Å²) < 4.78 is 16.8. The van der Waals surface area contributed by atoms with Crippen LogP contribution in [-0.4, -0.2) is 83.4 Å². The molecular formula is C25H41Cl2N3O3. The maximum atomic E-state index is 6.47. The molecule has 0 fully saturated rings. The molecule has 0 radical (unpaired) electrons. The molecule has 1 aromatic rings. The van der Waals surface area contributed by atoms with Gasteiger partial charge in [0.2, 0.25) is 0 Å². The molecule has 33 heavy (non-hydrogen) atoms. The highest BCUT2D eigenvalue weighted by Crippen LogP contribution is 2.26. The first-order chi connectivity index (χ1) is 15.9. The van der Waals surface area contributed by atoms with Crippen LogP contribution >= 0.6 is 23.2 Å². The number of nitrogens with one attached hydrogen (secondary N) is 1. The van der Waals surface area contributed by atoms with E-state index < -0.39 is 0 Å². The van der Waals surface area contributed by atoms with Crippen LogP contribution in [0.4, 0.5) is 0 Å². The second kappa shape index (κ2) is 18.4. The first-order valence-corrected chi connectivity index (χ1v) is 12.3. The second-order valence-electron chi connectivity index (χ2n) is 7.80. The molecule has 1 aromatic carbocycles. The summed E-state index contributed by atoms with van der Waals surface area (Å²) >= 11 is 12.6. The highest BCUT2D eigenvalue weighted by atomic mass is 35.5. The number of aryl methyl sites for hydroxylation is 1. The third kappa shape index (κ3) is 13.5. The van der Waals surface area contributed by atoms with E-state index in [0.29, 0.717) is 62.8 Å². The molecule has 0 aliphatic rings. The average Bonchev–Trinajstić information content (AvgIpc) is 2.77. The van der Waals surface area contributed by atoms with Crippen molar-refractivity contribution in [3.05, 3.63) is 57.6 Å². The van der Waals surface area contributed by atoms with Gasteiger partial charge in [0.1, 0.15) is 0 Å². The van der Waals surface area contributed by atoms with Crippen molar-refractivity contribution < 1.29 is 14.2 Å². The van der Waals surface area contributed by atoms with Crippen molar-refractivity contribution in [1.82, 2.24) is 15.3 Å². The van der Waals surface area contributed by atoms with Crippen LogP contribution in [0.15, 0.2) is 36.4 Å². The van der Waals surface area contributed by atoms with E-state index in [-0.39, 0.29) is 0 Å². The van der Waals surface area contributed by atoms with Crippen LogP contribution in [0.5, 0.6) is 0 Å². The molecule has 0 saturated heterocycles. The van der Waals surface area contributed by atoms with E-state index >= 15 is 0 Å². The lowest BCUT2D eigenvalue weighted by Crippen LogP contribution is -2.42. The first-order valence-electron chi connectivity index (χ1n) is 11.5. The van der Waals surface area contributed by atoms with E-state index in [1.54, 1.807) is 6.07 Å². The third-order valence-electron chi connectivity index (χ3n) is 4.96. The van der Waals surface area contributed by atoms with Gasteiger partial charge in [-0.3, -0.25) is 0 Å². The minimum Gasteiger partial charge on any atom is -0.378 e. The summed E-state index contributed by atoms with van der Waals surface area (Å²) in [7, 11) is 3.96. The minimum absolute atomic E-state index is 0.548. The summed E-state index contributed by atoms with van der Waals surface area (Å²) in [6, 6.07) is 3.74. The van der Waals surface area contributed by atoms with Crippen LogP contribution in [0.2, 0.25) is 10.0 Å². The van der Waals surface area contributed by atoms with Crippen LogP contribution in [0.3, 0.4) is 0 Å². The van der Waals surface area contributed by atoms with Crippen LogP contribution in [-0.2, 0) is 20.8 Å². The van der Waals surface area contributed by atoms with Crippen LogP contribution in [0.25, 0.3) is 0 Å². The Hall–Kier alpha value is -0.960. The topological polar surface area (TPSA) is 46.2 Å². The molecule has 0 saturated carbocycles. The van der Waals surface area contributed by atoms with E-state index in [0.717, 1.165) is 36.2 Å². The maximum Gasteiger partial charge on any atom is 0.0701 e. The van der Waals surface area contributed by atoms with Crippen molar-refractivity contribution in [3.63, 3.8) is 0 Å². The molecule has 0 aromatic heterocycles. The Morgan fingerprint density at radius 1 is 1.06 bits per heavy atom. The Morgan fingerprint density at radius 3 is 2.30 bits per heavy atom.